The molecule has 0 unspecified atom stereocenters. The van der Waals surface area contributed by atoms with E-state index < -0.39 is 0 Å². The molecular weight excluding hydrogens is 214 g/mol. The largest absolute Gasteiger partial charge is 0.378 e. The van der Waals surface area contributed by atoms with Crippen molar-refractivity contribution in [1.29, 1.82) is 0 Å². The molecule has 0 bridgehead atoms. The van der Waals surface area contributed by atoms with Gasteiger partial charge in [0.2, 0.25) is 0 Å². The minimum atomic E-state index is 0.290. The van der Waals surface area contributed by atoms with Gasteiger partial charge in [-0.1, -0.05) is 19.8 Å². The second kappa shape index (κ2) is 9.98. The molecule has 0 heterocycles. The summed E-state index contributed by atoms with van der Waals surface area (Å²) in [5.74, 6) is 3.78. The number of guanidine groups is 1. The summed E-state index contributed by atoms with van der Waals surface area (Å²) in [5.41, 5.74) is 0. The quantitative estimate of drug-likeness (QED) is 0.399. The molecule has 0 aromatic rings. The average Bonchev–Trinajstić information content (AvgIpc) is 2.31. The molecular formula is C13H25N3O. The van der Waals surface area contributed by atoms with Crippen LogP contribution in [0, 0.1) is 18.3 Å². The maximum atomic E-state index is 5.67. The third-order valence-electron chi connectivity index (χ3n) is 2.43. The van der Waals surface area contributed by atoms with Gasteiger partial charge >= 0.3 is 0 Å². The number of nitrogens with one attached hydrogen (secondary N) is 2. The molecule has 0 saturated heterocycles. The van der Waals surface area contributed by atoms with Crippen LogP contribution in [0.25, 0.3) is 0 Å². The summed E-state index contributed by atoms with van der Waals surface area (Å²) < 4.78 is 5.67. The summed E-state index contributed by atoms with van der Waals surface area (Å²) in [6.07, 6.45) is 6.42. The van der Waals surface area contributed by atoms with E-state index in [9.17, 15) is 0 Å². The zero-order valence-corrected chi connectivity index (χ0v) is 11.4. The summed E-state index contributed by atoms with van der Waals surface area (Å²) in [7, 11) is 1.73. The molecule has 0 aromatic carbocycles. The van der Waals surface area contributed by atoms with Crippen LogP contribution in [0.3, 0.4) is 0 Å². The number of hydrogen-bond acceptors (Lipinski definition) is 2. The lowest BCUT2D eigenvalue weighted by Crippen LogP contribution is -2.39. The van der Waals surface area contributed by atoms with Crippen LogP contribution in [0.1, 0.15) is 27.2 Å². The van der Waals surface area contributed by atoms with Crippen molar-refractivity contribution < 1.29 is 4.74 Å². The van der Waals surface area contributed by atoms with Crippen LogP contribution in [-0.2, 0) is 4.74 Å². The molecule has 0 aromatic heterocycles. The Kier molecular flexibility index (Phi) is 9.27. The number of ether oxygens (including phenoxy) is 1. The highest BCUT2D eigenvalue weighted by Gasteiger charge is 2.12. The maximum Gasteiger partial charge on any atom is 0.191 e. The van der Waals surface area contributed by atoms with Gasteiger partial charge in [0, 0.05) is 20.2 Å². The molecule has 17 heavy (non-hydrogen) atoms. The fourth-order valence-electron chi connectivity index (χ4n) is 1.51. The van der Waals surface area contributed by atoms with E-state index in [1.54, 1.807) is 7.05 Å². The van der Waals surface area contributed by atoms with E-state index in [2.05, 4.69) is 35.4 Å². The molecule has 0 aliphatic rings. The third kappa shape index (κ3) is 7.64. The lowest BCUT2D eigenvalue weighted by atomic mass is 10.0. The summed E-state index contributed by atoms with van der Waals surface area (Å²) >= 11 is 0. The van der Waals surface area contributed by atoms with Crippen LogP contribution in [-0.4, -0.2) is 38.8 Å². The SMILES string of the molecule is C#CCNC(=NC)NCC[C@H](OCC)C(C)C. The first-order valence-corrected chi connectivity index (χ1v) is 6.15. The van der Waals surface area contributed by atoms with Crippen molar-refractivity contribution in [1.82, 2.24) is 10.6 Å². The zero-order valence-electron chi connectivity index (χ0n) is 11.4. The highest BCUT2D eigenvalue weighted by atomic mass is 16.5. The molecule has 4 heteroatoms. The number of hydrogen-bond donors (Lipinski definition) is 2. The first kappa shape index (κ1) is 15.8. The standard InChI is InChI=1S/C13H25N3O/c1-6-9-15-13(14-5)16-10-8-12(11(3)4)17-7-2/h1,11-12H,7-10H2,2-5H3,(H2,14,15,16)/t12-/m0/s1. The van der Waals surface area contributed by atoms with Crippen molar-refractivity contribution in [2.24, 2.45) is 10.9 Å². The number of terminal acetylenes is 1. The minimum Gasteiger partial charge on any atom is -0.378 e. The van der Waals surface area contributed by atoms with E-state index in [1.807, 2.05) is 6.92 Å². The summed E-state index contributed by atoms with van der Waals surface area (Å²) in [6.45, 7) is 8.44. The van der Waals surface area contributed by atoms with E-state index >= 15 is 0 Å². The van der Waals surface area contributed by atoms with Crippen LogP contribution in [0.15, 0.2) is 4.99 Å². The van der Waals surface area contributed by atoms with Crippen LogP contribution in [0.4, 0.5) is 0 Å². The molecule has 0 amide bonds. The van der Waals surface area contributed by atoms with E-state index in [1.165, 1.54) is 0 Å². The highest BCUT2D eigenvalue weighted by Crippen LogP contribution is 2.09. The van der Waals surface area contributed by atoms with Crippen LogP contribution in [0.5, 0.6) is 0 Å². The van der Waals surface area contributed by atoms with Gasteiger partial charge in [-0.25, -0.2) is 0 Å². The lowest BCUT2D eigenvalue weighted by molar-refractivity contribution is 0.0258. The topological polar surface area (TPSA) is 45.7 Å². The van der Waals surface area contributed by atoms with Crippen LogP contribution >= 0.6 is 0 Å². The van der Waals surface area contributed by atoms with Crippen LogP contribution < -0.4 is 10.6 Å². The fourth-order valence-corrected chi connectivity index (χ4v) is 1.51. The average molecular weight is 239 g/mol. The van der Waals surface area contributed by atoms with E-state index in [0.29, 0.717) is 18.6 Å². The summed E-state index contributed by atoms with van der Waals surface area (Å²) in [4.78, 5) is 4.07. The molecule has 0 aliphatic heterocycles. The molecule has 0 fully saturated rings. The zero-order chi connectivity index (χ0) is 13.1. The number of rotatable bonds is 7. The van der Waals surface area contributed by atoms with Gasteiger partial charge in [-0.05, 0) is 19.3 Å². The second-order valence-corrected chi connectivity index (χ2v) is 4.08. The monoisotopic (exact) mass is 239 g/mol. The van der Waals surface area contributed by atoms with Gasteiger partial charge in [0.1, 0.15) is 0 Å². The molecule has 98 valence electrons. The Labute approximate surface area is 105 Å². The highest BCUT2D eigenvalue weighted by molar-refractivity contribution is 5.79. The van der Waals surface area contributed by atoms with E-state index in [-0.39, 0.29) is 0 Å². The molecule has 0 spiro atoms. The summed E-state index contributed by atoms with van der Waals surface area (Å²) in [5, 5.41) is 6.23. The van der Waals surface area contributed by atoms with Gasteiger partial charge in [0.25, 0.3) is 0 Å². The maximum absolute atomic E-state index is 5.67. The predicted molar refractivity (Wildman–Crippen MR) is 73.1 cm³/mol. The normalized spacial score (nSPS) is 13.3. The smallest absolute Gasteiger partial charge is 0.191 e. The van der Waals surface area contributed by atoms with Gasteiger partial charge in [-0.3, -0.25) is 4.99 Å². The Morgan fingerprint density at radius 3 is 2.59 bits per heavy atom. The van der Waals surface area contributed by atoms with Gasteiger partial charge in [0.15, 0.2) is 5.96 Å². The number of aliphatic imine (C=N–C) groups is 1. The molecule has 4 nitrogen and oxygen atoms in total. The van der Waals surface area contributed by atoms with Crippen molar-refractivity contribution >= 4 is 5.96 Å². The Morgan fingerprint density at radius 1 is 1.41 bits per heavy atom. The Bertz CT molecular complexity index is 256. The van der Waals surface area contributed by atoms with Crippen LogP contribution in [0.2, 0.25) is 0 Å². The minimum absolute atomic E-state index is 0.290. The molecule has 0 rings (SSSR count). The summed E-state index contributed by atoms with van der Waals surface area (Å²) in [6, 6.07) is 0. The van der Waals surface area contributed by atoms with Crippen molar-refractivity contribution in [3.05, 3.63) is 0 Å². The third-order valence-corrected chi connectivity index (χ3v) is 2.43. The van der Waals surface area contributed by atoms with Crippen molar-refractivity contribution in [2.75, 3.05) is 26.7 Å². The van der Waals surface area contributed by atoms with E-state index in [0.717, 1.165) is 25.5 Å². The predicted octanol–water partition coefficient (Wildman–Crippen LogP) is 1.24. The molecule has 2 N–H and O–H groups in total. The van der Waals surface area contributed by atoms with Gasteiger partial charge < -0.3 is 15.4 Å². The Balaban J connectivity index is 3.90. The van der Waals surface area contributed by atoms with Gasteiger partial charge in [-0.2, -0.15) is 0 Å². The van der Waals surface area contributed by atoms with Crippen molar-refractivity contribution in [3.8, 4) is 12.3 Å². The molecule has 0 saturated carbocycles. The lowest BCUT2D eigenvalue weighted by Gasteiger charge is -2.21. The molecule has 0 aliphatic carbocycles. The Hall–Kier alpha value is -1.21. The molecule has 0 radical (unpaired) electrons. The first-order chi connectivity index (χ1) is 8.15. The second-order valence-electron chi connectivity index (χ2n) is 4.08. The van der Waals surface area contributed by atoms with Crippen molar-refractivity contribution in [2.45, 2.75) is 33.3 Å². The fraction of sp³-hybridized carbons (Fsp3) is 0.769. The van der Waals surface area contributed by atoms with Gasteiger partial charge in [-0.15, -0.1) is 6.42 Å². The molecule has 1 atom stereocenters. The Morgan fingerprint density at radius 2 is 2.12 bits per heavy atom. The van der Waals surface area contributed by atoms with Crippen molar-refractivity contribution in [3.63, 3.8) is 0 Å². The van der Waals surface area contributed by atoms with E-state index in [4.69, 9.17) is 11.2 Å². The first-order valence-electron chi connectivity index (χ1n) is 6.15. The van der Waals surface area contributed by atoms with Gasteiger partial charge in [0.05, 0.1) is 12.6 Å². The number of nitrogens with zero attached hydrogens (tertiary/aromatic N) is 1.